The van der Waals surface area contributed by atoms with Gasteiger partial charge in [-0.15, -0.1) is 16.2 Å². The Balaban J connectivity index is 2.65. The average Bonchev–Trinajstić information content (AvgIpc) is 2.67. The van der Waals surface area contributed by atoms with Crippen molar-refractivity contribution < 1.29 is 13.2 Å². The van der Waals surface area contributed by atoms with E-state index in [0.29, 0.717) is 0 Å². The third-order valence-electron chi connectivity index (χ3n) is 1.41. The van der Waals surface area contributed by atoms with Crippen molar-refractivity contribution in [3.8, 4) is 0 Å². The summed E-state index contributed by atoms with van der Waals surface area (Å²) < 4.78 is 23.0. The molecule has 5 nitrogen and oxygen atoms in total. The van der Waals surface area contributed by atoms with Gasteiger partial charge in [-0.1, -0.05) is 13.0 Å². The minimum absolute atomic E-state index is 0.175. The largest absolute Gasteiger partial charge is 0.278 e. The van der Waals surface area contributed by atoms with E-state index in [1.807, 2.05) is 4.83 Å². The fourth-order valence-corrected chi connectivity index (χ4v) is 2.53. The molecular weight excluding hydrogens is 224 g/mol. The predicted octanol–water partition coefficient (Wildman–Crippen LogP) is 0.468. The first kappa shape index (κ1) is 11.2. The highest BCUT2D eigenvalue weighted by molar-refractivity contribution is 7.91. The third kappa shape index (κ3) is 2.79. The maximum atomic E-state index is 11.4. The lowest BCUT2D eigenvalue weighted by Crippen LogP contribution is -2.40. The van der Waals surface area contributed by atoms with E-state index < -0.39 is 10.0 Å². The fourth-order valence-electron chi connectivity index (χ4n) is 0.679. The van der Waals surface area contributed by atoms with Crippen molar-refractivity contribution in [1.29, 1.82) is 0 Å². The maximum Gasteiger partial charge on any atom is 0.266 e. The lowest BCUT2D eigenvalue weighted by molar-refractivity contribution is -0.121. The number of amides is 1. The molecule has 0 aliphatic carbocycles. The van der Waals surface area contributed by atoms with Crippen LogP contribution in [0.4, 0.5) is 0 Å². The number of sulfonamides is 1. The van der Waals surface area contributed by atoms with Crippen molar-refractivity contribution in [2.24, 2.45) is 0 Å². The molecule has 0 radical (unpaired) electrons. The molecule has 0 bridgehead atoms. The highest BCUT2D eigenvalue weighted by atomic mass is 32.2. The van der Waals surface area contributed by atoms with Crippen LogP contribution >= 0.6 is 11.3 Å². The average molecular weight is 234 g/mol. The van der Waals surface area contributed by atoms with Crippen LogP contribution in [0.15, 0.2) is 21.7 Å². The number of hydrazine groups is 1. The van der Waals surface area contributed by atoms with Gasteiger partial charge >= 0.3 is 0 Å². The lowest BCUT2D eigenvalue weighted by atomic mass is 10.5. The Labute approximate surface area is 86.2 Å². The fraction of sp³-hybridized carbons (Fsp3) is 0.286. The van der Waals surface area contributed by atoms with Crippen molar-refractivity contribution in [3.05, 3.63) is 17.5 Å². The zero-order valence-corrected chi connectivity index (χ0v) is 9.11. The molecule has 0 fully saturated rings. The SMILES string of the molecule is CCC(=O)NNS(=O)(=O)c1cccs1. The van der Waals surface area contributed by atoms with E-state index in [4.69, 9.17) is 0 Å². The van der Waals surface area contributed by atoms with Gasteiger partial charge in [-0.3, -0.25) is 10.2 Å². The molecule has 0 saturated carbocycles. The minimum atomic E-state index is -3.59. The van der Waals surface area contributed by atoms with Crippen molar-refractivity contribution in [2.75, 3.05) is 0 Å². The van der Waals surface area contributed by atoms with Crippen LogP contribution in [-0.4, -0.2) is 14.3 Å². The summed E-state index contributed by atoms with van der Waals surface area (Å²) in [5.74, 6) is -0.370. The summed E-state index contributed by atoms with van der Waals surface area (Å²) in [6, 6.07) is 3.09. The van der Waals surface area contributed by atoms with Crippen molar-refractivity contribution >= 4 is 27.3 Å². The Hall–Kier alpha value is -0.920. The first-order chi connectivity index (χ1) is 6.56. The number of hydrogen-bond donors (Lipinski definition) is 2. The highest BCUT2D eigenvalue weighted by Crippen LogP contribution is 2.14. The van der Waals surface area contributed by atoms with Crippen molar-refractivity contribution in [3.63, 3.8) is 0 Å². The topological polar surface area (TPSA) is 75.3 Å². The first-order valence-corrected chi connectivity index (χ1v) is 6.26. The normalized spacial score (nSPS) is 11.2. The molecule has 0 unspecified atom stereocenters. The Morgan fingerprint density at radius 1 is 1.57 bits per heavy atom. The van der Waals surface area contributed by atoms with Crippen LogP contribution in [0, 0.1) is 0 Å². The molecular formula is C7H10N2O3S2. The maximum absolute atomic E-state index is 11.4. The molecule has 0 spiro atoms. The summed E-state index contributed by atoms with van der Waals surface area (Å²) in [7, 11) is -3.59. The molecule has 1 aromatic rings. The molecule has 1 heterocycles. The molecule has 14 heavy (non-hydrogen) atoms. The van der Waals surface area contributed by atoms with Crippen LogP contribution in [0.25, 0.3) is 0 Å². The highest BCUT2D eigenvalue weighted by Gasteiger charge is 2.14. The number of rotatable bonds is 4. The molecule has 1 amide bonds. The Morgan fingerprint density at radius 2 is 2.29 bits per heavy atom. The molecule has 2 N–H and O–H groups in total. The molecule has 0 atom stereocenters. The van der Waals surface area contributed by atoms with Gasteiger partial charge in [0.25, 0.3) is 10.0 Å². The Bertz CT molecular complexity index is 397. The molecule has 0 aliphatic rings. The summed E-state index contributed by atoms with van der Waals surface area (Å²) >= 11 is 1.09. The summed E-state index contributed by atoms with van der Waals surface area (Å²) in [5, 5.41) is 1.65. The van der Waals surface area contributed by atoms with E-state index in [1.54, 1.807) is 18.4 Å². The Kier molecular flexibility index (Phi) is 3.62. The van der Waals surface area contributed by atoms with Gasteiger partial charge in [0.05, 0.1) is 0 Å². The van der Waals surface area contributed by atoms with Gasteiger partial charge in [0.15, 0.2) is 0 Å². The number of hydrogen-bond acceptors (Lipinski definition) is 4. The zero-order valence-electron chi connectivity index (χ0n) is 7.48. The van der Waals surface area contributed by atoms with Crippen LogP contribution < -0.4 is 10.3 Å². The lowest BCUT2D eigenvalue weighted by Gasteiger charge is -2.04. The molecule has 7 heteroatoms. The van der Waals surface area contributed by atoms with Crippen molar-refractivity contribution in [1.82, 2.24) is 10.3 Å². The summed E-state index contributed by atoms with van der Waals surface area (Å²) in [5.41, 5.74) is 2.09. The van der Waals surface area contributed by atoms with Gasteiger partial charge < -0.3 is 0 Å². The summed E-state index contributed by atoms with van der Waals surface area (Å²) in [6.07, 6.45) is 0.229. The van der Waals surface area contributed by atoms with Crippen LogP contribution in [-0.2, 0) is 14.8 Å². The zero-order chi connectivity index (χ0) is 10.6. The molecule has 0 saturated heterocycles. The van der Waals surface area contributed by atoms with Gasteiger partial charge in [0, 0.05) is 6.42 Å². The first-order valence-electron chi connectivity index (χ1n) is 3.90. The van der Waals surface area contributed by atoms with Crippen LogP contribution in [0.5, 0.6) is 0 Å². The van der Waals surface area contributed by atoms with E-state index in [9.17, 15) is 13.2 Å². The standard InChI is InChI=1S/C7H10N2O3S2/c1-2-6(10)8-9-14(11,12)7-4-3-5-13-7/h3-5,9H,2H2,1H3,(H,8,10). The second-order valence-corrected chi connectivity index (χ2v) is 5.30. The summed E-state index contributed by atoms with van der Waals surface area (Å²) in [6.45, 7) is 1.63. The van der Waals surface area contributed by atoms with E-state index in [0.717, 1.165) is 11.3 Å². The van der Waals surface area contributed by atoms with Crippen LogP contribution in [0.1, 0.15) is 13.3 Å². The number of carbonyl (C=O) groups is 1. The second-order valence-electron chi connectivity index (χ2n) is 2.44. The third-order valence-corrected chi connectivity index (χ3v) is 4.05. The number of nitrogens with one attached hydrogen (secondary N) is 2. The van der Waals surface area contributed by atoms with Crippen LogP contribution in [0.3, 0.4) is 0 Å². The van der Waals surface area contributed by atoms with Gasteiger partial charge in [0.1, 0.15) is 4.21 Å². The van der Waals surface area contributed by atoms with Gasteiger partial charge in [-0.25, -0.2) is 8.42 Å². The molecule has 78 valence electrons. The predicted molar refractivity (Wildman–Crippen MR) is 53.1 cm³/mol. The second kappa shape index (κ2) is 4.54. The van der Waals surface area contributed by atoms with Crippen LogP contribution in [0.2, 0.25) is 0 Å². The quantitative estimate of drug-likeness (QED) is 0.743. The number of thiophene rings is 1. The Morgan fingerprint density at radius 3 is 2.79 bits per heavy atom. The van der Waals surface area contributed by atoms with Gasteiger partial charge in [0.2, 0.25) is 5.91 Å². The van der Waals surface area contributed by atoms with E-state index in [2.05, 4.69) is 5.43 Å². The van der Waals surface area contributed by atoms with Gasteiger partial charge in [-0.05, 0) is 11.4 Å². The minimum Gasteiger partial charge on any atom is -0.278 e. The van der Waals surface area contributed by atoms with E-state index in [1.165, 1.54) is 6.07 Å². The van der Waals surface area contributed by atoms with Gasteiger partial charge in [-0.2, -0.15) is 0 Å². The summed E-state index contributed by atoms with van der Waals surface area (Å²) in [4.78, 5) is 12.8. The van der Waals surface area contributed by atoms with E-state index >= 15 is 0 Å². The number of carbonyl (C=O) groups excluding carboxylic acids is 1. The smallest absolute Gasteiger partial charge is 0.266 e. The molecule has 0 aromatic carbocycles. The van der Waals surface area contributed by atoms with Crippen molar-refractivity contribution in [2.45, 2.75) is 17.6 Å². The molecule has 0 aliphatic heterocycles. The molecule has 1 rings (SSSR count). The monoisotopic (exact) mass is 234 g/mol. The molecule has 1 aromatic heterocycles. The van der Waals surface area contributed by atoms with E-state index in [-0.39, 0.29) is 16.5 Å².